The van der Waals surface area contributed by atoms with Crippen LogP contribution in [0.2, 0.25) is 0 Å². The summed E-state index contributed by atoms with van der Waals surface area (Å²) in [6.45, 7) is 2.20. The summed E-state index contributed by atoms with van der Waals surface area (Å²) in [5.41, 5.74) is 2.40. The number of thiophene rings is 1. The van der Waals surface area contributed by atoms with Crippen molar-refractivity contribution in [1.29, 1.82) is 0 Å². The monoisotopic (exact) mass is 344 g/mol. The third-order valence-electron chi connectivity index (χ3n) is 5.27. The van der Waals surface area contributed by atoms with E-state index in [1.54, 1.807) is 14.2 Å². The van der Waals surface area contributed by atoms with Crippen molar-refractivity contribution in [2.75, 3.05) is 14.2 Å². The zero-order chi connectivity index (χ0) is 16.7. The van der Waals surface area contributed by atoms with Crippen LogP contribution in [0.4, 0.5) is 0 Å². The quantitative estimate of drug-likeness (QED) is 0.764. The second kappa shape index (κ2) is 6.41. The molecule has 0 bridgehead atoms. The molecule has 0 saturated heterocycles. The predicted molar refractivity (Wildman–Crippen MR) is 96.5 cm³/mol. The Hall–Kier alpha value is -1.52. The molecule has 0 radical (unpaired) electrons. The minimum atomic E-state index is -0.0608. The third-order valence-corrected chi connectivity index (χ3v) is 6.46. The molecule has 1 saturated carbocycles. The highest BCUT2D eigenvalue weighted by Crippen LogP contribution is 2.51. The maximum Gasteiger partial charge on any atom is 0.125 e. The van der Waals surface area contributed by atoms with Gasteiger partial charge in [0.1, 0.15) is 17.6 Å². The Bertz CT molecular complexity index is 736. The van der Waals surface area contributed by atoms with Crippen molar-refractivity contribution in [3.8, 4) is 11.5 Å². The average Bonchev–Trinajstić information content (AvgIpc) is 3.02. The van der Waals surface area contributed by atoms with Crippen LogP contribution in [-0.2, 0) is 4.74 Å². The fraction of sp³-hybridized carbons (Fsp3) is 0.500. The maximum atomic E-state index is 6.63. The summed E-state index contributed by atoms with van der Waals surface area (Å²) >= 11 is 1.95. The van der Waals surface area contributed by atoms with Crippen LogP contribution in [0.15, 0.2) is 24.3 Å². The molecule has 3 atom stereocenters. The van der Waals surface area contributed by atoms with Gasteiger partial charge in [-0.05, 0) is 49.6 Å². The highest BCUT2D eigenvalue weighted by Gasteiger charge is 2.40. The van der Waals surface area contributed by atoms with Gasteiger partial charge in [0.25, 0.3) is 0 Å². The first kappa shape index (κ1) is 16.0. The summed E-state index contributed by atoms with van der Waals surface area (Å²) in [5, 5.41) is 0. The van der Waals surface area contributed by atoms with E-state index in [-0.39, 0.29) is 6.10 Å². The number of rotatable bonds is 3. The Morgan fingerprint density at radius 2 is 1.88 bits per heavy atom. The number of ether oxygens (including phenoxy) is 3. The Morgan fingerprint density at radius 1 is 1.04 bits per heavy atom. The molecule has 0 spiro atoms. The molecule has 24 heavy (non-hydrogen) atoms. The fourth-order valence-corrected chi connectivity index (χ4v) is 5.38. The number of aryl methyl sites for hydroxylation is 1. The smallest absolute Gasteiger partial charge is 0.125 e. The largest absolute Gasteiger partial charge is 0.497 e. The lowest BCUT2D eigenvalue weighted by atomic mass is 9.80. The molecule has 0 N–H and O–H groups in total. The number of benzene rings is 1. The Labute approximate surface area is 147 Å². The molecule has 4 heteroatoms. The lowest BCUT2D eigenvalue weighted by Crippen LogP contribution is -2.32. The summed E-state index contributed by atoms with van der Waals surface area (Å²) in [6.07, 6.45) is 5.25. The van der Waals surface area contributed by atoms with Gasteiger partial charge in [-0.3, -0.25) is 0 Å². The third kappa shape index (κ3) is 2.62. The Morgan fingerprint density at radius 3 is 2.67 bits per heavy atom. The number of fused-ring (bicyclic) bond motifs is 3. The summed E-state index contributed by atoms with van der Waals surface area (Å²) in [5.74, 6) is 2.28. The zero-order valence-corrected chi connectivity index (χ0v) is 15.3. The summed E-state index contributed by atoms with van der Waals surface area (Å²) in [6, 6.07) is 8.27. The van der Waals surface area contributed by atoms with Crippen molar-refractivity contribution in [3.63, 3.8) is 0 Å². The molecule has 128 valence electrons. The summed E-state index contributed by atoms with van der Waals surface area (Å²) < 4.78 is 17.7. The van der Waals surface area contributed by atoms with E-state index in [2.05, 4.69) is 19.1 Å². The topological polar surface area (TPSA) is 27.7 Å². The van der Waals surface area contributed by atoms with Crippen LogP contribution in [0.3, 0.4) is 0 Å². The number of methoxy groups -OCH3 is 2. The van der Waals surface area contributed by atoms with Gasteiger partial charge < -0.3 is 14.2 Å². The van der Waals surface area contributed by atoms with E-state index in [1.165, 1.54) is 34.6 Å². The minimum Gasteiger partial charge on any atom is -0.497 e. The first-order valence-electron chi connectivity index (χ1n) is 8.69. The molecule has 2 aromatic rings. The molecular weight excluding hydrogens is 320 g/mol. The van der Waals surface area contributed by atoms with Gasteiger partial charge in [-0.25, -0.2) is 0 Å². The number of hydrogen-bond donors (Lipinski definition) is 0. The van der Waals surface area contributed by atoms with E-state index in [1.807, 2.05) is 23.5 Å². The highest BCUT2D eigenvalue weighted by atomic mass is 32.1. The molecule has 0 amide bonds. The fourth-order valence-electron chi connectivity index (χ4n) is 4.14. The molecule has 1 aliphatic heterocycles. The number of hydrogen-bond acceptors (Lipinski definition) is 4. The molecule has 2 heterocycles. The first-order valence-corrected chi connectivity index (χ1v) is 9.50. The minimum absolute atomic E-state index is 0.0608. The van der Waals surface area contributed by atoms with Crippen LogP contribution in [0.5, 0.6) is 11.5 Å². The van der Waals surface area contributed by atoms with Gasteiger partial charge in [0.15, 0.2) is 0 Å². The van der Waals surface area contributed by atoms with E-state index in [4.69, 9.17) is 14.2 Å². The van der Waals surface area contributed by atoms with Crippen LogP contribution < -0.4 is 9.47 Å². The average molecular weight is 344 g/mol. The van der Waals surface area contributed by atoms with Crippen LogP contribution in [0, 0.1) is 6.92 Å². The molecular formula is C20H24O3S. The highest BCUT2D eigenvalue weighted by molar-refractivity contribution is 7.12. The molecule has 2 aliphatic rings. The van der Waals surface area contributed by atoms with Crippen molar-refractivity contribution in [2.24, 2.45) is 0 Å². The van der Waals surface area contributed by atoms with E-state index >= 15 is 0 Å². The van der Waals surface area contributed by atoms with Gasteiger partial charge >= 0.3 is 0 Å². The molecule has 3 nitrogen and oxygen atoms in total. The molecule has 1 aromatic heterocycles. The normalized spacial score (nSPS) is 25.7. The van der Waals surface area contributed by atoms with E-state index in [0.29, 0.717) is 12.0 Å². The van der Waals surface area contributed by atoms with Gasteiger partial charge in [-0.15, -0.1) is 11.3 Å². The molecule has 4 rings (SSSR count). The van der Waals surface area contributed by atoms with Crippen LogP contribution in [0.25, 0.3) is 0 Å². The SMILES string of the molecule is COc1ccc(OC)c([C@H]2O[C@@H]3CCCC[C@H]3c3sc(C)cc32)c1. The van der Waals surface area contributed by atoms with Crippen LogP contribution in [-0.4, -0.2) is 20.3 Å². The van der Waals surface area contributed by atoms with Gasteiger partial charge in [0.05, 0.1) is 20.3 Å². The molecule has 1 aromatic carbocycles. The standard InChI is InChI=1S/C20H24O3S/c1-12-10-16-19(15-11-13(21-2)8-9-17(15)22-3)23-18-7-5-4-6-14(18)20(16)24-12/h8-11,14,18-19H,4-7H2,1-3H3/t14-,18-,19-/m1/s1. The van der Waals surface area contributed by atoms with Gasteiger partial charge in [0, 0.05) is 21.2 Å². The summed E-state index contributed by atoms with van der Waals surface area (Å²) in [4.78, 5) is 2.89. The van der Waals surface area contributed by atoms with Crippen molar-refractivity contribution in [1.82, 2.24) is 0 Å². The molecule has 1 fully saturated rings. The van der Waals surface area contributed by atoms with Gasteiger partial charge in [-0.2, -0.15) is 0 Å². The van der Waals surface area contributed by atoms with Crippen molar-refractivity contribution in [3.05, 3.63) is 45.1 Å². The second-order valence-corrected chi connectivity index (χ2v) is 8.02. The summed E-state index contributed by atoms with van der Waals surface area (Å²) in [7, 11) is 3.42. The first-order chi connectivity index (χ1) is 11.7. The predicted octanol–water partition coefficient (Wildman–Crippen LogP) is 5.22. The van der Waals surface area contributed by atoms with E-state index in [0.717, 1.165) is 23.5 Å². The van der Waals surface area contributed by atoms with Gasteiger partial charge in [-0.1, -0.05) is 12.8 Å². The molecule has 1 aliphatic carbocycles. The lowest BCUT2D eigenvalue weighted by Gasteiger charge is -2.39. The molecule has 0 unspecified atom stereocenters. The maximum absolute atomic E-state index is 6.63. The van der Waals surface area contributed by atoms with Crippen molar-refractivity contribution in [2.45, 2.75) is 50.7 Å². The van der Waals surface area contributed by atoms with Crippen molar-refractivity contribution >= 4 is 11.3 Å². The van der Waals surface area contributed by atoms with E-state index < -0.39 is 0 Å². The van der Waals surface area contributed by atoms with E-state index in [9.17, 15) is 0 Å². The van der Waals surface area contributed by atoms with Crippen LogP contribution >= 0.6 is 11.3 Å². The lowest BCUT2D eigenvalue weighted by molar-refractivity contribution is -0.0382. The van der Waals surface area contributed by atoms with Gasteiger partial charge in [0.2, 0.25) is 0 Å². The second-order valence-electron chi connectivity index (χ2n) is 6.73. The Kier molecular flexibility index (Phi) is 4.27. The zero-order valence-electron chi connectivity index (χ0n) is 14.5. The van der Waals surface area contributed by atoms with Crippen molar-refractivity contribution < 1.29 is 14.2 Å². The van der Waals surface area contributed by atoms with Crippen LogP contribution in [0.1, 0.15) is 58.6 Å². The Balaban J connectivity index is 1.83.